The van der Waals surface area contributed by atoms with Gasteiger partial charge >= 0.3 is 0 Å². The minimum atomic E-state index is -1.48. The van der Waals surface area contributed by atoms with Crippen LogP contribution < -0.4 is 10.2 Å². The summed E-state index contributed by atoms with van der Waals surface area (Å²) < 4.78 is 67.8. The lowest BCUT2D eigenvalue weighted by atomic mass is 9.73. The van der Waals surface area contributed by atoms with Gasteiger partial charge in [0.1, 0.15) is 11.9 Å². The molecule has 0 aliphatic carbocycles. The van der Waals surface area contributed by atoms with Crippen LogP contribution in [0.4, 0.5) is 17.6 Å². The number of rotatable bonds is 12. The molecule has 1 amide bonds. The lowest BCUT2D eigenvalue weighted by Gasteiger charge is -2.40. The number of alkyl halides is 1. The van der Waals surface area contributed by atoms with Crippen molar-refractivity contribution in [1.82, 2.24) is 20.3 Å². The van der Waals surface area contributed by atoms with Crippen molar-refractivity contribution < 1.29 is 37.0 Å². The van der Waals surface area contributed by atoms with Gasteiger partial charge in [0, 0.05) is 36.8 Å². The number of benzene rings is 2. The molecule has 0 bridgehead atoms. The Morgan fingerprint density at radius 2 is 1.80 bits per heavy atom. The number of carbonyl (C=O) groups is 1. The molecule has 244 valence electrons. The highest BCUT2D eigenvalue weighted by Gasteiger charge is 2.41. The van der Waals surface area contributed by atoms with Crippen molar-refractivity contribution in [2.45, 2.75) is 51.2 Å². The van der Waals surface area contributed by atoms with Gasteiger partial charge in [-0.05, 0) is 99.6 Å². The number of nitrogens with one attached hydrogen (secondary N) is 1. The number of morpholine rings is 1. The van der Waals surface area contributed by atoms with Gasteiger partial charge in [-0.2, -0.15) is 0 Å². The predicted octanol–water partition coefficient (Wildman–Crippen LogP) is 5.50. The van der Waals surface area contributed by atoms with Gasteiger partial charge in [-0.15, -0.1) is 0 Å². The van der Waals surface area contributed by atoms with Gasteiger partial charge in [-0.3, -0.25) is 19.9 Å². The first-order valence-corrected chi connectivity index (χ1v) is 15.4. The molecule has 2 saturated heterocycles. The van der Waals surface area contributed by atoms with Gasteiger partial charge in [-0.25, -0.2) is 23.0 Å². The first-order valence-electron chi connectivity index (χ1n) is 15.4. The molecule has 2 aromatic carbocycles. The van der Waals surface area contributed by atoms with Gasteiger partial charge in [0.25, 0.3) is 0 Å². The molecular weight excluding hydrogens is 592 g/mol. The second-order valence-corrected chi connectivity index (χ2v) is 12.0. The van der Waals surface area contributed by atoms with Crippen molar-refractivity contribution in [3.8, 4) is 5.75 Å². The normalized spacial score (nSPS) is 18.2. The average Bonchev–Trinajstić information content (AvgIpc) is 3.06. The standard InChI is InChI=1S/C33H40F4N4O4/c1-44-24-4-5-29-25(19-24)30(23(20-38-29)21-41-13-15-45-16-14-41)26(34)6-7-33(32(42)39-43)8-11-40(12-9-33)10-2-3-22-17-27(35)31(37)28(36)18-22/h4-5,17-20,26,43H,2-3,6-16,21H2,1H3,(H,39,42)/t26-/m1/s1. The van der Waals surface area contributed by atoms with Crippen LogP contribution in [0.15, 0.2) is 36.5 Å². The summed E-state index contributed by atoms with van der Waals surface area (Å²) in [4.78, 5) is 22.0. The molecule has 0 saturated carbocycles. The Hall–Kier alpha value is -3.32. The van der Waals surface area contributed by atoms with E-state index < -0.39 is 34.9 Å². The van der Waals surface area contributed by atoms with Crippen LogP contribution >= 0.6 is 0 Å². The highest BCUT2D eigenvalue weighted by atomic mass is 19.2. The van der Waals surface area contributed by atoms with Gasteiger partial charge in [0.15, 0.2) is 17.5 Å². The number of piperidine rings is 1. The quantitative estimate of drug-likeness (QED) is 0.118. The molecule has 0 unspecified atom stereocenters. The molecule has 1 aromatic heterocycles. The van der Waals surface area contributed by atoms with Gasteiger partial charge in [0.05, 0.1) is 31.3 Å². The Labute approximate surface area is 260 Å². The predicted molar refractivity (Wildman–Crippen MR) is 160 cm³/mol. The van der Waals surface area contributed by atoms with E-state index in [1.807, 2.05) is 11.5 Å². The van der Waals surface area contributed by atoms with Crippen LogP contribution in [0.3, 0.4) is 0 Å². The van der Waals surface area contributed by atoms with Crippen molar-refractivity contribution in [1.29, 1.82) is 0 Å². The van der Waals surface area contributed by atoms with E-state index in [1.54, 1.807) is 25.4 Å². The Morgan fingerprint density at radius 1 is 1.09 bits per heavy atom. The van der Waals surface area contributed by atoms with E-state index in [1.165, 1.54) is 0 Å². The van der Waals surface area contributed by atoms with Crippen LogP contribution in [0, 0.1) is 22.9 Å². The lowest BCUT2D eigenvalue weighted by molar-refractivity contribution is -0.143. The van der Waals surface area contributed by atoms with Crippen LogP contribution in [0.25, 0.3) is 10.9 Å². The van der Waals surface area contributed by atoms with Crippen LogP contribution in [0.2, 0.25) is 0 Å². The number of carbonyl (C=O) groups excluding carboxylic acids is 1. The summed E-state index contributed by atoms with van der Waals surface area (Å²) in [5.41, 5.74) is 3.21. The number of hydroxylamine groups is 1. The Balaban J connectivity index is 1.27. The van der Waals surface area contributed by atoms with Crippen molar-refractivity contribution in [3.63, 3.8) is 0 Å². The topological polar surface area (TPSA) is 87.2 Å². The monoisotopic (exact) mass is 632 g/mol. The number of fused-ring (bicyclic) bond motifs is 1. The molecule has 1 atom stereocenters. The molecule has 5 rings (SSSR count). The Bertz CT molecular complexity index is 1460. The number of methoxy groups -OCH3 is 1. The number of aromatic nitrogens is 1. The highest BCUT2D eigenvalue weighted by molar-refractivity contribution is 5.85. The highest BCUT2D eigenvalue weighted by Crippen LogP contribution is 2.42. The molecule has 2 fully saturated rings. The zero-order valence-electron chi connectivity index (χ0n) is 25.5. The van der Waals surface area contributed by atoms with Crippen LogP contribution in [-0.4, -0.2) is 78.9 Å². The molecular formula is C33H40F4N4O4. The molecule has 0 spiro atoms. The molecule has 3 heterocycles. The van der Waals surface area contributed by atoms with Crippen LogP contribution in [0.1, 0.15) is 55.0 Å². The summed E-state index contributed by atoms with van der Waals surface area (Å²) in [6.07, 6.45) is 2.42. The van der Waals surface area contributed by atoms with E-state index in [0.29, 0.717) is 92.9 Å². The van der Waals surface area contributed by atoms with Crippen molar-refractivity contribution in [3.05, 3.63) is 70.7 Å². The average molecular weight is 633 g/mol. The molecule has 3 aromatic rings. The zero-order valence-corrected chi connectivity index (χ0v) is 25.5. The molecule has 8 nitrogen and oxygen atoms in total. The van der Waals surface area contributed by atoms with E-state index in [0.717, 1.165) is 30.8 Å². The molecule has 45 heavy (non-hydrogen) atoms. The molecule has 2 aliphatic heterocycles. The summed E-state index contributed by atoms with van der Waals surface area (Å²) in [5.74, 6) is -3.82. The third-order valence-electron chi connectivity index (χ3n) is 9.27. The lowest BCUT2D eigenvalue weighted by Crippen LogP contribution is -2.48. The fourth-order valence-corrected chi connectivity index (χ4v) is 6.58. The third kappa shape index (κ3) is 7.74. The summed E-state index contributed by atoms with van der Waals surface area (Å²) in [7, 11) is 1.56. The second kappa shape index (κ2) is 14.8. The number of nitrogens with zero attached hydrogens (tertiary/aromatic N) is 3. The maximum absolute atomic E-state index is 16.5. The van der Waals surface area contributed by atoms with Crippen LogP contribution in [-0.2, 0) is 22.5 Å². The SMILES string of the molecule is COc1ccc2ncc(CN3CCOCC3)c([C@H](F)CCC3(C(=O)NO)CCN(CCCc4cc(F)c(F)c(F)c4)CC3)c2c1. The van der Waals surface area contributed by atoms with E-state index in [2.05, 4.69) is 14.8 Å². The summed E-state index contributed by atoms with van der Waals surface area (Å²) in [6.45, 7) is 4.90. The summed E-state index contributed by atoms with van der Waals surface area (Å²) >= 11 is 0. The largest absolute Gasteiger partial charge is 0.497 e. The van der Waals surface area contributed by atoms with Gasteiger partial charge < -0.3 is 14.4 Å². The summed E-state index contributed by atoms with van der Waals surface area (Å²) in [5, 5.41) is 10.3. The number of likely N-dealkylation sites (tertiary alicyclic amines) is 1. The second-order valence-electron chi connectivity index (χ2n) is 12.0. The Kier molecular flexibility index (Phi) is 10.9. The number of pyridine rings is 1. The zero-order chi connectivity index (χ0) is 32.0. The number of hydrogen-bond donors (Lipinski definition) is 2. The first kappa shape index (κ1) is 33.1. The van der Waals surface area contributed by atoms with Gasteiger partial charge in [0.2, 0.25) is 5.91 Å². The van der Waals surface area contributed by atoms with Crippen LogP contribution in [0.5, 0.6) is 5.75 Å². The fourth-order valence-electron chi connectivity index (χ4n) is 6.58. The fraction of sp³-hybridized carbons (Fsp3) is 0.515. The van der Waals surface area contributed by atoms with E-state index >= 15 is 4.39 Å². The number of amides is 1. The minimum Gasteiger partial charge on any atom is -0.497 e. The Morgan fingerprint density at radius 3 is 2.47 bits per heavy atom. The minimum absolute atomic E-state index is 0.0710. The van der Waals surface area contributed by atoms with E-state index in [4.69, 9.17) is 9.47 Å². The number of halogens is 4. The molecule has 12 heteroatoms. The first-order chi connectivity index (χ1) is 21.7. The maximum atomic E-state index is 16.5. The van der Waals surface area contributed by atoms with Crippen molar-refractivity contribution in [2.75, 3.05) is 53.0 Å². The van der Waals surface area contributed by atoms with E-state index in [-0.39, 0.29) is 12.8 Å². The number of ether oxygens (including phenoxy) is 2. The smallest absolute Gasteiger partial charge is 0.249 e. The van der Waals surface area contributed by atoms with E-state index in [9.17, 15) is 23.2 Å². The summed E-state index contributed by atoms with van der Waals surface area (Å²) in [6, 6.07) is 7.41. The van der Waals surface area contributed by atoms with Crippen molar-refractivity contribution >= 4 is 16.8 Å². The molecule has 2 aliphatic rings. The molecule has 0 radical (unpaired) electrons. The maximum Gasteiger partial charge on any atom is 0.249 e. The number of aryl methyl sites for hydroxylation is 1. The number of hydrogen-bond acceptors (Lipinski definition) is 7. The van der Waals surface area contributed by atoms with Gasteiger partial charge in [-0.1, -0.05) is 0 Å². The van der Waals surface area contributed by atoms with Crippen molar-refractivity contribution in [2.24, 2.45) is 5.41 Å². The molecule has 2 N–H and O–H groups in total. The third-order valence-corrected chi connectivity index (χ3v) is 9.27.